The van der Waals surface area contributed by atoms with E-state index in [9.17, 15) is 24.8 Å². The number of morpholine rings is 1. The number of amides is 1. The van der Waals surface area contributed by atoms with Crippen LogP contribution in [0.4, 0.5) is 5.69 Å². The molecule has 9 heteroatoms. The summed E-state index contributed by atoms with van der Waals surface area (Å²) in [4.78, 5) is 40.7. The van der Waals surface area contributed by atoms with Gasteiger partial charge in [0.05, 0.1) is 29.8 Å². The molecule has 0 saturated carbocycles. The number of rotatable bonds is 7. The van der Waals surface area contributed by atoms with E-state index >= 15 is 0 Å². The maximum atomic E-state index is 13.1. The van der Waals surface area contributed by atoms with Crippen molar-refractivity contribution in [1.29, 1.82) is 0 Å². The Kier molecular flexibility index (Phi) is 7.04. The van der Waals surface area contributed by atoms with Crippen LogP contribution in [0.15, 0.2) is 54.1 Å². The van der Waals surface area contributed by atoms with E-state index in [1.54, 1.807) is 30.3 Å². The number of hydrogen-bond acceptors (Lipinski definition) is 7. The zero-order valence-electron chi connectivity index (χ0n) is 19.0. The summed E-state index contributed by atoms with van der Waals surface area (Å²) in [5.41, 5.74) is 1.60. The van der Waals surface area contributed by atoms with Crippen molar-refractivity contribution in [2.45, 2.75) is 19.4 Å². The van der Waals surface area contributed by atoms with Crippen LogP contribution in [-0.4, -0.2) is 70.9 Å². The number of aliphatic hydroxyl groups is 1. The minimum atomic E-state index is -0.911. The van der Waals surface area contributed by atoms with E-state index in [0.29, 0.717) is 30.8 Å². The average molecular weight is 466 g/mol. The number of aryl methyl sites for hydroxylation is 1. The van der Waals surface area contributed by atoms with Gasteiger partial charge in [-0.2, -0.15) is 0 Å². The number of hydrogen-bond donors (Lipinski definition) is 1. The second kappa shape index (κ2) is 10.1. The van der Waals surface area contributed by atoms with Gasteiger partial charge >= 0.3 is 0 Å². The largest absolute Gasteiger partial charge is 0.507 e. The molecule has 0 aromatic heterocycles. The van der Waals surface area contributed by atoms with Crippen LogP contribution in [-0.2, 0) is 14.3 Å². The number of Topliss-reactive ketones (excluding diaryl/α,β-unsaturated/α-hetero) is 1. The normalized spacial score (nSPS) is 20.6. The highest BCUT2D eigenvalue weighted by atomic mass is 16.6. The molecule has 0 radical (unpaired) electrons. The fraction of sp³-hybridized carbons (Fsp3) is 0.360. The van der Waals surface area contributed by atoms with E-state index in [0.717, 1.165) is 25.2 Å². The summed E-state index contributed by atoms with van der Waals surface area (Å²) in [5, 5.41) is 22.5. The number of ketones is 1. The van der Waals surface area contributed by atoms with Gasteiger partial charge in [0, 0.05) is 43.9 Å². The van der Waals surface area contributed by atoms with Gasteiger partial charge in [-0.05, 0) is 18.9 Å². The molecule has 2 fully saturated rings. The SMILES string of the molecule is Cc1ccc(C(O)=C2C(=O)C(=O)N(CCCN3CCOCC3)[C@H]2c2cccc([N+](=O)[O-])c2)cc1. The van der Waals surface area contributed by atoms with Gasteiger partial charge in [0.15, 0.2) is 0 Å². The van der Waals surface area contributed by atoms with E-state index in [4.69, 9.17) is 4.74 Å². The monoisotopic (exact) mass is 465 g/mol. The second-order valence-corrected chi connectivity index (χ2v) is 8.52. The molecule has 0 spiro atoms. The minimum absolute atomic E-state index is 0.0549. The predicted molar refractivity (Wildman–Crippen MR) is 125 cm³/mol. The number of benzene rings is 2. The van der Waals surface area contributed by atoms with Crippen LogP contribution in [0.3, 0.4) is 0 Å². The molecule has 1 N–H and O–H groups in total. The van der Waals surface area contributed by atoms with Crippen LogP contribution in [0.5, 0.6) is 0 Å². The summed E-state index contributed by atoms with van der Waals surface area (Å²) in [6.45, 7) is 5.84. The lowest BCUT2D eigenvalue weighted by Gasteiger charge is -2.29. The molecule has 2 aliphatic rings. The molecule has 0 aliphatic carbocycles. The number of nitro benzene ring substituents is 1. The quantitative estimate of drug-likeness (QED) is 0.220. The molecule has 178 valence electrons. The van der Waals surface area contributed by atoms with Crippen molar-refractivity contribution in [3.05, 3.63) is 80.9 Å². The molecule has 4 rings (SSSR count). The summed E-state index contributed by atoms with van der Waals surface area (Å²) in [5.74, 6) is -1.79. The first-order chi connectivity index (χ1) is 16.4. The molecule has 2 aromatic carbocycles. The topological polar surface area (TPSA) is 113 Å². The van der Waals surface area contributed by atoms with Gasteiger partial charge in [-0.15, -0.1) is 0 Å². The summed E-state index contributed by atoms with van der Waals surface area (Å²) in [6, 6.07) is 11.9. The third-order valence-corrected chi connectivity index (χ3v) is 6.24. The first-order valence-corrected chi connectivity index (χ1v) is 11.3. The van der Waals surface area contributed by atoms with Crippen LogP contribution in [0.1, 0.15) is 29.2 Å². The van der Waals surface area contributed by atoms with E-state index in [-0.39, 0.29) is 23.6 Å². The van der Waals surface area contributed by atoms with Crippen LogP contribution in [0.25, 0.3) is 5.76 Å². The molecule has 2 aromatic rings. The fourth-order valence-electron chi connectivity index (χ4n) is 4.42. The summed E-state index contributed by atoms with van der Waals surface area (Å²) in [6.07, 6.45) is 0.614. The number of likely N-dealkylation sites (tertiary alicyclic amines) is 1. The van der Waals surface area contributed by atoms with Gasteiger partial charge in [0.25, 0.3) is 17.4 Å². The Morgan fingerprint density at radius 3 is 2.50 bits per heavy atom. The zero-order chi connectivity index (χ0) is 24.2. The highest BCUT2D eigenvalue weighted by Crippen LogP contribution is 2.40. The highest BCUT2D eigenvalue weighted by molar-refractivity contribution is 6.46. The smallest absolute Gasteiger partial charge is 0.295 e. The van der Waals surface area contributed by atoms with Gasteiger partial charge in [-0.3, -0.25) is 24.6 Å². The summed E-state index contributed by atoms with van der Waals surface area (Å²) >= 11 is 0. The van der Waals surface area contributed by atoms with E-state index in [1.807, 2.05) is 6.92 Å². The number of non-ortho nitro benzene ring substituents is 1. The first kappa shape index (κ1) is 23.6. The number of ether oxygens (including phenoxy) is 1. The molecule has 1 atom stereocenters. The van der Waals surface area contributed by atoms with E-state index in [2.05, 4.69) is 4.90 Å². The molecule has 9 nitrogen and oxygen atoms in total. The molecular weight excluding hydrogens is 438 g/mol. The van der Waals surface area contributed by atoms with Gasteiger partial charge in [0.2, 0.25) is 0 Å². The maximum Gasteiger partial charge on any atom is 0.295 e. The van der Waals surface area contributed by atoms with Crippen molar-refractivity contribution in [3.63, 3.8) is 0 Å². The van der Waals surface area contributed by atoms with Crippen molar-refractivity contribution in [1.82, 2.24) is 9.80 Å². The van der Waals surface area contributed by atoms with Crippen molar-refractivity contribution < 1.29 is 24.4 Å². The Morgan fingerprint density at radius 2 is 1.82 bits per heavy atom. The summed E-state index contributed by atoms with van der Waals surface area (Å²) < 4.78 is 5.37. The Hall–Kier alpha value is -3.56. The first-order valence-electron chi connectivity index (χ1n) is 11.3. The fourth-order valence-corrected chi connectivity index (χ4v) is 4.42. The Bertz CT molecular complexity index is 1120. The predicted octanol–water partition coefficient (Wildman–Crippen LogP) is 3.05. The molecule has 0 bridgehead atoms. The lowest BCUT2D eigenvalue weighted by molar-refractivity contribution is -0.384. The molecule has 2 heterocycles. The molecule has 0 unspecified atom stereocenters. The zero-order valence-corrected chi connectivity index (χ0v) is 19.0. The minimum Gasteiger partial charge on any atom is -0.507 e. The van der Waals surface area contributed by atoms with Crippen LogP contribution in [0, 0.1) is 17.0 Å². The van der Waals surface area contributed by atoms with Crippen molar-refractivity contribution >= 4 is 23.1 Å². The molecule has 1 amide bonds. The van der Waals surface area contributed by atoms with Crippen LogP contribution in [0.2, 0.25) is 0 Å². The van der Waals surface area contributed by atoms with E-state index in [1.165, 1.54) is 23.1 Å². The standard InChI is InChI=1S/C25H27N3O6/c1-17-6-8-18(9-7-17)23(29)21-22(19-4-2-5-20(16-19)28(32)33)27(25(31)24(21)30)11-3-10-26-12-14-34-15-13-26/h2,4-9,16,22,29H,3,10-15H2,1H3/t22-/m0/s1. The number of nitro groups is 1. The van der Waals surface area contributed by atoms with Gasteiger partial charge < -0.3 is 14.7 Å². The molecule has 2 aliphatic heterocycles. The van der Waals surface area contributed by atoms with Gasteiger partial charge in [-0.1, -0.05) is 42.0 Å². The molecule has 2 saturated heterocycles. The number of nitrogens with zero attached hydrogens (tertiary/aromatic N) is 3. The maximum absolute atomic E-state index is 13.1. The lowest BCUT2D eigenvalue weighted by atomic mass is 9.94. The van der Waals surface area contributed by atoms with E-state index < -0.39 is 22.7 Å². The summed E-state index contributed by atoms with van der Waals surface area (Å²) in [7, 11) is 0. The Labute approximate surface area is 197 Å². The highest BCUT2D eigenvalue weighted by Gasteiger charge is 2.46. The average Bonchev–Trinajstić information content (AvgIpc) is 3.10. The van der Waals surface area contributed by atoms with Crippen molar-refractivity contribution in [3.8, 4) is 0 Å². The van der Waals surface area contributed by atoms with Crippen LogP contribution < -0.4 is 0 Å². The Balaban J connectivity index is 1.70. The molecule has 34 heavy (non-hydrogen) atoms. The van der Waals surface area contributed by atoms with Gasteiger partial charge in [-0.25, -0.2) is 0 Å². The third-order valence-electron chi connectivity index (χ3n) is 6.24. The number of carbonyl (C=O) groups excluding carboxylic acids is 2. The number of aliphatic hydroxyl groups excluding tert-OH is 1. The van der Waals surface area contributed by atoms with Crippen LogP contribution >= 0.6 is 0 Å². The van der Waals surface area contributed by atoms with Crippen molar-refractivity contribution in [2.24, 2.45) is 0 Å². The Morgan fingerprint density at radius 1 is 1.12 bits per heavy atom. The second-order valence-electron chi connectivity index (χ2n) is 8.52. The van der Waals surface area contributed by atoms with Crippen molar-refractivity contribution in [2.75, 3.05) is 39.4 Å². The van der Waals surface area contributed by atoms with Gasteiger partial charge in [0.1, 0.15) is 5.76 Å². The molecular formula is C25H27N3O6. The number of carbonyl (C=O) groups is 2. The third kappa shape index (κ3) is 4.85. The lowest BCUT2D eigenvalue weighted by Crippen LogP contribution is -2.39.